The molecule has 0 saturated heterocycles. The van der Waals surface area contributed by atoms with Crippen LogP contribution in [-0.4, -0.2) is 58.0 Å². The topological polar surface area (TPSA) is 105 Å². The number of amides is 2. The summed E-state index contributed by atoms with van der Waals surface area (Å²) in [6.45, 7) is 3.03. The quantitative estimate of drug-likeness (QED) is 0.271. The molecule has 11 heteroatoms. The fraction of sp³-hybridized carbons (Fsp3) is 0.394. The van der Waals surface area contributed by atoms with E-state index in [0.29, 0.717) is 11.5 Å². The molecule has 0 heterocycles. The van der Waals surface area contributed by atoms with Crippen molar-refractivity contribution >= 4 is 39.1 Å². The van der Waals surface area contributed by atoms with Crippen LogP contribution in [0, 0.1) is 6.92 Å². The van der Waals surface area contributed by atoms with Crippen molar-refractivity contribution in [3.8, 4) is 11.5 Å². The number of ether oxygens (including phenoxy) is 2. The van der Waals surface area contributed by atoms with Crippen LogP contribution in [0.4, 0.5) is 5.69 Å². The highest BCUT2D eigenvalue weighted by molar-refractivity contribution is 7.92. The first kappa shape index (κ1) is 33.1. The zero-order chi connectivity index (χ0) is 31.9. The number of sulfonamides is 1. The fourth-order valence-electron chi connectivity index (χ4n) is 5.30. The molecule has 1 fully saturated rings. The van der Waals surface area contributed by atoms with E-state index in [0.717, 1.165) is 47.5 Å². The van der Waals surface area contributed by atoms with Crippen LogP contribution in [0.25, 0.3) is 0 Å². The molecule has 0 spiro atoms. The Morgan fingerprint density at radius 1 is 0.977 bits per heavy atom. The highest BCUT2D eigenvalue weighted by atomic mass is 35.5. The molecule has 0 radical (unpaired) electrons. The lowest BCUT2D eigenvalue weighted by atomic mass is 9.95. The van der Waals surface area contributed by atoms with Crippen molar-refractivity contribution in [3.63, 3.8) is 0 Å². The zero-order valence-electron chi connectivity index (χ0n) is 25.6. The normalized spacial score (nSPS) is 14.4. The lowest BCUT2D eigenvalue weighted by Gasteiger charge is -2.33. The Bertz CT molecular complexity index is 1560. The molecule has 1 aliphatic rings. The summed E-state index contributed by atoms with van der Waals surface area (Å²) in [5, 5.41) is 3.30. The van der Waals surface area contributed by atoms with Crippen LogP contribution in [-0.2, 0) is 26.2 Å². The van der Waals surface area contributed by atoms with Crippen LogP contribution in [0.2, 0.25) is 5.02 Å². The molecule has 44 heavy (non-hydrogen) atoms. The summed E-state index contributed by atoms with van der Waals surface area (Å²) in [7, 11) is -1.21. The van der Waals surface area contributed by atoms with E-state index in [1.165, 1.54) is 36.3 Å². The number of carbonyl (C=O) groups excluding carboxylic acids is 2. The van der Waals surface area contributed by atoms with Crippen LogP contribution in [0.15, 0.2) is 71.6 Å². The first-order valence-electron chi connectivity index (χ1n) is 14.7. The van der Waals surface area contributed by atoms with Gasteiger partial charge in [-0.1, -0.05) is 60.7 Å². The molecule has 3 aromatic rings. The SMILES string of the molecule is COc1cccc(CN(C(=O)CN(c2ccc(OC)c(Cl)c2)S(=O)(=O)c2ccc(C)cc2)[C@@H](C)C(=O)NC2CCCCC2)c1. The molecule has 0 aromatic heterocycles. The van der Waals surface area contributed by atoms with Gasteiger partial charge in [-0.15, -0.1) is 0 Å². The number of anilines is 1. The summed E-state index contributed by atoms with van der Waals surface area (Å²) in [6, 6.07) is 17.3. The molecular formula is C33H40ClN3O6S. The summed E-state index contributed by atoms with van der Waals surface area (Å²) in [4.78, 5) is 29.1. The fourth-order valence-corrected chi connectivity index (χ4v) is 6.95. The largest absolute Gasteiger partial charge is 0.497 e. The molecular weight excluding hydrogens is 602 g/mol. The number of benzene rings is 3. The number of nitrogens with one attached hydrogen (secondary N) is 1. The van der Waals surface area contributed by atoms with Crippen molar-refractivity contribution in [2.45, 2.75) is 69.5 Å². The molecule has 0 aliphatic heterocycles. The third kappa shape index (κ3) is 8.04. The summed E-state index contributed by atoms with van der Waals surface area (Å²) in [5.41, 5.74) is 1.81. The Hall–Kier alpha value is -3.76. The molecule has 1 atom stereocenters. The molecule has 9 nitrogen and oxygen atoms in total. The van der Waals surface area contributed by atoms with Gasteiger partial charge in [0.2, 0.25) is 11.8 Å². The molecule has 3 aromatic carbocycles. The van der Waals surface area contributed by atoms with Gasteiger partial charge in [0.25, 0.3) is 10.0 Å². The van der Waals surface area contributed by atoms with E-state index in [4.69, 9.17) is 21.1 Å². The first-order valence-corrected chi connectivity index (χ1v) is 16.5. The van der Waals surface area contributed by atoms with Gasteiger partial charge >= 0.3 is 0 Å². The molecule has 236 valence electrons. The predicted octanol–water partition coefficient (Wildman–Crippen LogP) is 5.73. The van der Waals surface area contributed by atoms with Crippen molar-refractivity contribution in [1.29, 1.82) is 0 Å². The third-order valence-corrected chi connectivity index (χ3v) is 10.0. The maximum atomic E-state index is 14.2. The van der Waals surface area contributed by atoms with E-state index in [1.54, 1.807) is 50.4 Å². The number of nitrogens with zero attached hydrogens (tertiary/aromatic N) is 2. The monoisotopic (exact) mass is 641 g/mol. The number of carbonyl (C=O) groups is 2. The molecule has 4 rings (SSSR count). The van der Waals surface area contributed by atoms with Crippen LogP contribution in [0.5, 0.6) is 11.5 Å². The maximum Gasteiger partial charge on any atom is 0.264 e. The molecule has 2 amide bonds. The molecule has 0 bridgehead atoms. The summed E-state index contributed by atoms with van der Waals surface area (Å²) in [5.74, 6) is 0.128. The zero-order valence-corrected chi connectivity index (χ0v) is 27.2. The van der Waals surface area contributed by atoms with Gasteiger partial charge < -0.3 is 19.7 Å². The van der Waals surface area contributed by atoms with E-state index < -0.39 is 28.5 Å². The lowest BCUT2D eigenvalue weighted by molar-refractivity contribution is -0.139. The second-order valence-corrected chi connectivity index (χ2v) is 13.3. The Kier molecular flexibility index (Phi) is 11.2. The highest BCUT2D eigenvalue weighted by Gasteiger charge is 2.33. The van der Waals surface area contributed by atoms with Crippen LogP contribution in [0.1, 0.15) is 50.2 Å². The minimum Gasteiger partial charge on any atom is -0.497 e. The number of aryl methyl sites for hydroxylation is 1. The van der Waals surface area contributed by atoms with Gasteiger partial charge in [0.1, 0.15) is 24.1 Å². The number of methoxy groups -OCH3 is 2. The predicted molar refractivity (Wildman–Crippen MR) is 172 cm³/mol. The maximum absolute atomic E-state index is 14.2. The first-order chi connectivity index (χ1) is 21.0. The highest BCUT2D eigenvalue weighted by Crippen LogP contribution is 2.32. The van der Waals surface area contributed by atoms with Crippen LogP contribution >= 0.6 is 11.6 Å². The Labute approximate surface area is 265 Å². The summed E-state index contributed by atoms with van der Waals surface area (Å²) >= 11 is 6.40. The standard InChI is InChI=1S/C33H40ClN3O6S/c1-23-13-16-29(17-14-23)44(40,41)37(27-15-18-31(43-4)30(34)20-27)22-32(38)36(21-25-9-8-12-28(19-25)42-3)24(2)33(39)35-26-10-6-5-7-11-26/h8-9,12-20,24,26H,5-7,10-11,21-22H2,1-4H3,(H,35,39)/t24-/m0/s1. The smallest absolute Gasteiger partial charge is 0.264 e. The lowest BCUT2D eigenvalue weighted by Crippen LogP contribution is -2.53. The second kappa shape index (κ2) is 14.8. The molecule has 0 unspecified atom stereocenters. The van der Waals surface area contributed by atoms with Gasteiger partial charge in [0, 0.05) is 12.6 Å². The van der Waals surface area contributed by atoms with Crippen LogP contribution in [0.3, 0.4) is 0 Å². The molecule has 1 N–H and O–H groups in total. The van der Waals surface area contributed by atoms with Gasteiger partial charge in [-0.25, -0.2) is 8.42 Å². The summed E-state index contributed by atoms with van der Waals surface area (Å²) in [6.07, 6.45) is 5.01. The second-order valence-electron chi connectivity index (χ2n) is 11.0. The summed E-state index contributed by atoms with van der Waals surface area (Å²) < 4.78 is 39.8. The minimum atomic E-state index is -4.22. The number of hydrogen-bond donors (Lipinski definition) is 1. The van der Waals surface area contributed by atoms with Gasteiger partial charge in [-0.3, -0.25) is 13.9 Å². The van der Waals surface area contributed by atoms with Crippen molar-refractivity contribution in [2.75, 3.05) is 25.1 Å². The van der Waals surface area contributed by atoms with Gasteiger partial charge in [-0.05, 0) is 74.7 Å². The molecule has 1 saturated carbocycles. The number of hydrogen-bond acceptors (Lipinski definition) is 6. The van der Waals surface area contributed by atoms with E-state index in [1.807, 2.05) is 13.0 Å². The molecule has 1 aliphatic carbocycles. The van der Waals surface area contributed by atoms with E-state index in [-0.39, 0.29) is 34.1 Å². The average molecular weight is 642 g/mol. The third-order valence-electron chi connectivity index (χ3n) is 7.92. The van der Waals surface area contributed by atoms with Crippen molar-refractivity contribution < 1.29 is 27.5 Å². The van der Waals surface area contributed by atoms with E-state index in [2.05, 4.69) is 5.32 Å². The minimum absolute atomic E-state index is 0.0188. The van der Waals surface area contributed by atoms with Crippen molar-refractivity contribution in [1.82, 2.24) is 10.2 Å². The van der Waals surface area contributed by atoms with Crippen molar-refractivity contribution in [3.05, 3.63) is 82.9 Å². The average Bonchev–Trinajstić information content (AvgIpc) is 3.02. The van der Waals surface area contributed by atoms with Gasteiger partial charge in [0.15, 0.2) is 0 Å². The van der Waals surface area contributed by atoms with Crippen molar-refractivity contribution in [2.24, 2.45) is 0 Å². The van der Waals surface area contributed by atoms with E-state index in [9.17, 15) is 18.0 Å². The van der Waals surface area contributed by atoms with Gasteiger partial charge in [0.05, 0.1) is 29.8 Å². The Morgan fingerprint density at radius 2 is 1.68 bits per heavy atom. The number of rotatable bonds is 12. The Balaban J connectivity index is 1.71. The van der Waals surface area contributed by atoms with E-state index >= 15 is 0 Å². The Morgan fingerprint density at radius 3 is 2.32 bits per heavy atom. The van der Waals surface area contributed by atoms with Crippen LogP contribution < -0.4 is 19.1 Å². The van der Waals surface area contributed by atoms with Gasteiger partial charge in [-0.2, -0.15) is 0 Å². The number of halogens is 1.